The molecule has 0 fully saturated rings. The summed E-state index contributed by atoms with van der Waals surface area (Å²) < 4.78 is 13.6. The second kappa shape index (κ2) is 8.87. The molecular weight excluding hydrogens is 438 g/mol. The van der Waals surface area contributed by atoms with Crippen LogP contribution in [-0.4, -0.2) is 27.0 Å². The lowest BCUT2D eigenvalue weighted by molar-refractivity contribution is 0.0706. The molecule has 0 radical (unpaired) electrons. The van der Waals surface area contributed by atoms with Gasteiger partial charge in [-0.1, -0.05) is 30.3 Å². The predicted octanol–water partition coefficient (Wildman–Crippen LogP) is 2.30. The Morgan fingerprint density at radius 1 is 0.912 bits per heavy atom. The largest absolute Gasteiger partial charge is 0.454 e. The molecule has 0 unspecified atom stereocenters. The number of amides is 1. The predicted molar refractivity (Wildman–Crippen MR) is 124 cm³/mol. The number of carbonyl (C=O) groups excluding carboxylic acids is 1. The lowest BCUT2D eigenvalue weighted by atomic mass is 10.1. The molecule has 2 N–H and O–H groups in total. The molecule has 0 saturated heterocycles. The highest BCUT2D eigenvalue weighted by Crippen LogP contribution is 2.32. The van der Waals surface area contributed by atoms with Gasteiger partial charge in [-0.2, -0.15) is 0 Å². The molecule has 3 aromatic carbocycles. The van der Waals surface area contributed by atoms with Crippen molar-refractivity contribution in [3.63, 3.8) is 0 Å². The molecule has 0 bridgehead atoms. The Morgan fingerprint density at radius 3 is 2.44 bits per heavy atom. The van der Waals surface area contributed by atoms with Crippen LogP contribution in [0, 0.1) is 0 Å². The minimum atomic E-state index is -0.619. The Labute approximate surface area is 193 Å². The third-order valence-electron chi connectivity index (χ3n) is 5.85. The highest BCUT2D eigenvalue weighted by atomic mass is 16.7. The van der Waals surface area contributed by atoms with Crippen LogP contribution in [0.1, 0.15) is 21.5 Å². The van der Waals surface area contributed by atoms with Crippen molar-refractivity contribution < 1.29 is 19.5 Å². The molecule has 0 atom stereocenters. The summed E-state index contributed by atoms with van der Waals surface area (Å²) in [5, 5.41) is 9.24. The number of hydroxylamine groups is 1. The molecule has 0 spiro atoms. The van der Waals surface area contributed by atoms with E-state index >= 15 is 0 Å². The van der Waals surface area contributed by atoms with Gasteiger partial charge in [0.1, 0.15) is 0 Å². The summed E-state index contributed by atoms with van der Waals surface area (Å²) in [6.45, 7) is 0.599. The molecule has 9 heteroatoms. The van der Waals surface area contributed by atoms with Crippen molar-refractivity contribution in [2.75, 3.05) is 6.79 Å². The molecule has 5 rings (SSSR count). The Bertz CT molecular complexity index is 1500. The van der Waals surface area contributed by atoms with Crippen LogP contribution in [0.15, 0.2) is 76.3 Å². The molecule has 4 aromatic rings. The first kappa shape index (κ1) is 21.5. The van der Waals surface area contributed by atoms with Crippen LogP contribution in [0.25, 0.3) is 10.9 Å². The molecule has 1 amide bonds. The van der Waals surface area contributed by atoms with Gasteiger partial charge in [0.05, 0.1) is 17.4 Å². The van der Waals surface area contributed by atoms with Crippen molar-refractivity contribution >= 4 is 16.8 Å². The molecule has 0 saturated carbocycles. The standard InChI is InChI=1S/C25H21N3O6/c29-23(26-32)18-8-5-17(6-9-18)14-28-20-4-2-1-3-19(20)24(30)27(25(28)31)12-11-16-7-10-21-22(13-16)34-15-33-21/h1-10,13,32H,11-12,14-15H2,(H,26,29). The van der Waals surface area contributed by atoms with Gasteiger partial charge in [-0.05, 0) is 53.9 Å². The number of ether oxygens (including phenoxy) is 2. The van der Waals surface area contributed by atoms with Crippen molar-refractivity contribution in [3.8, 4) is 11.5 Å². The average Bonchev–Trinajstić information content (AvgIpc) is 3.34. The molecular formula is C25H21N3O6. The Kier molecular flexibility index (Phi) is 5.60. The normalized spacial score (nSPS) is 12.1. The highest BCUT2D eigenvalue weighted by Gasteiger charge is 2.16. The van der Waals surface area contributed by atoms with Crippen LogP contribution in [0.5, 0.6) is 11.5 Å². The van der Waals surface area contributed by atoms with E-state index in [2.05, 4.69) is 0 Å². The number of carbonyl (C=O) groups is 1. The summed E-state index contributed by atoms with van der Waals surface area (Å²) in [7, 11) is 0. The van der Waals surface area contributed by atoms with Crippen LogP contribution in [0.4, 0.5) is 0 Å². The van der Waals surface area contributed by atoms with Gasteiger partial charge in [-0.15, -0.1) is 0 Å². The van der Waals surface area contributed by atoms with Crippen molar-refractivity contribution in [1.29, 1.82) is 0 Å². The molecule has 9 nitrogen and oxygen atoms in total. The monoisotopic (exact) mass is 459 g/mol. The zero-order chi connectivity index (χ0) is 23.7. The summed E-state index contributed by atoms with van der Waals surface area (Å²) in [6, 6.07) is 19.1. The van der Waals surface area contributed by atoms with E-state index in [9.17, 15) is 14.4 Å². The topological polar surface area (TPSA) is 112 Å². The van der Waals surface area contributed by atoms with E-state index in [1.165, 1.54) is 4.57 Å². The first-order valence-corrected chi connectivity index (χ1v) is 10.7. The molecule has 2 heterocycles. The lowest BCUT2D eigenvalue weighted by Gasteiger charge is -2.14. The van der Waals surface area contributed by atoms with E-state index in [1.54, 1.807) is 58.6 Å². The second-order valence-corrected chi connectivity index (χ2v) is 7.92. The summed E-state index contributed by atoms with van der Waals surface area (Å²) in [5.74, 6) is 0.710. The molecule has 1 aromatic heterocycles. The van der Waals surface area contributed by atoms with Gasteiger partial charge < -0.3 is 9.47 Å². The second-order valence-electron chi connectivity index (χ2n) is 7.92. The summed E-state index contributed by atoms with van der Waals surface area (Å²) in [6.07, 6.45) is 0.467. The fourth-order valence-electron chi connectivity index (χ4n) is 4.07. The minimum absolute atomic E-state index is 0.180. The Morgan fingerprint density at radius 2 is 1.65 bits per heavy atom. The third-order valence-corrected chi connectivity index (χ3v) is 5.85. The van der Waals surface area contributed by atoms with E-state index in [1.807, 2.05) is 18.2 Å². The Balaban J connectivity index is 1.50. The van der Waals surface area contributed by atoms with Gasteiger partial charge in [0.2, 0.25) is 6.79 Å². The lowest BCUT2D eigenvalue weighted by Crippen LogP contribution is -2.40. The quantitative estimate of drug-likeness (QED) is 0.338. The van der Waals surface area contributed by atoms with Gasteiger partial charge in [-0.25, -0.2) is 10.3 Å². The van der Waals surface area contributed by atoms with E-state index in [-0.39, 0.29) is 31.0 Å². The van der Waals surface area contributed by atoms with Crippen molar-refractivity contribution in [2.24, 2.45) is 0 Å². The number of nitrogens with zero attached hydrogens (tertiary/aromatic N) is 2. The Hall–Kier alpha value is -4.37. The first-order valence-electron chi connectivity index (χ1n) is 10.7. The fourth-order valence-corrected chi connectivity index (χ4v) is 4.07. The van der Waals surface area contributed by atoms with Crippen LogP contribution >= 0.6 is 0 Å². The maximum Gasteiger partial charge on any atom is 0.331 e. The molecule has 34 heavy (non-hydrogen) atoms. The van der Waals surface area contributed by atoms with E-state index in [4.69, 9.17) is 14.7 Å². The van der Waals surface area contributed by atoms with Crippen LogP contribution in [0.2, 0.25) is 0 Å². The molecule has 172 valence electrons. The van der Waals surface area contributed by atoms with Gasteiger partial charge in [0, 0.05) is 12.1 Å². The number of para-hydroxylation sites is 1. The number of aryl methyl sites for hydroxylation is 1. The van der Waals surface area contributed by atoms with Crippen LogP contribution < -0.4 is 26.2 Å². The summed E-state index contributed by atoms with van der Waals surface area (Å²) in [4.78, 5) is 38.2. The minimum Gasteiger partial charge on any atom is -0.454 e. The maximum absolute atomic E-state index is 13.4. The van der Waals surface area contributed by atoms with Gasteiger partial charge in [-0.3, -0.25) is 23.9 Å². The summed E-state index contributed by atoms with van der Waals surface area (Å²) >= 11 is 0. The van der Waals surface area contributed by atoms with Crippen LogP contribution in [-0.2, 0) is 19.5 Å². The van der Waals surface area contributed by atoms with Crippen LogP contribution in [0.3, 0.4) is 0 Å². The number of rotatable bonds is 6. The molecule has 0 aliphatic carbocycles. The van der Waals surface area contributed by atoms with Gasteiger partial charge >= 0.3 is 5.69 Å². The summed E-state index contributed by atoms with van der Waals surface area (Å²) in [5.41, 5.74) is 3.35. The van der Waals surface area contributed by atoms with E-state index in [0.29, 0.717) is 28.8 Å². The zero-order valence-corrected chi connectivity index (χ0v) is 18.1. The average molecular weight is 459 g/mol. The number of aromatic nitrogens is 2. The molecule has 1 aliphatic rings. The van der Waals surface area contributed by atoms with E-state index in [0.717, 1.165) is 11.1 Å². The number of nitrogens with one attached hydrogen (secondary N) is 1. The van der Waals surface area contributed by atoms with Crippen molar-refractivity contribution in [3.05, 3.63) is 104 Å². The zero-order valence-electron chi connectivity index (χ0n) is 18.1. The molecule has 1 aliphatic heterocycles. The van der Waals surface area contributed by atoms with Gasteiger partial charge in [0.15, 0.2) is 11.5 Å². The maximum atomic E-state index is 13.4. The fraction of sp³-hybridized carbons (Fsp3) is 0.160. The van der Waals surface area contributed by atoms with Crippen molar-refractivity contribution in [1.82, 2.24) is 14.6 Å². The highest BCUT2D eigenvalue weighted by molar-refractivity contribution is 5.93. The van der Waals surface area contributed by atoms with E-state index < -0.39 is 11.6 Å². The number of benzene rings is 3. The van der Waals surface area contributed by atoms with Gasteiger partial charge in [0.25, 0.3) is 11.5 Å². The third kappa shape index (κ3) is 3.93. The van der Waals surface area contributed by atoms with Crippen molar-refractivity contribution in [2.45, 2.75) is 19.5 Å². The SMILES string of the molecule is O=C(NO)c1ccc(Cn2c(=O)n(CCc3ccc4c(c3)OCO4)c(=O)c3ccccc32)cc1. The number of fused-ring (bicyclic) bond motifs is 2. The smallest absolute Gasteiger partial charge is 0.331 e. The number of hydrogen-bond acceptors (Lipinski definition) is 6. The first-order chi connectivity index (χ1) is 16.5. The number of hydrogen-bond donors (Lipinski definition) is 2.